The molecule has 0 spiro atoms. The van der Waals surface area contributed by atoms with Crippen molar-refractivity contribution in [3.05, 3.63) is 43.3 Å². The Balaban J connectivity index is 2.32. The summed E-state index contributed by atoms with van der Waals surface area (Å²) in [6.45, 7) is 1.53. The van der Waals surface area contributed by atoms with Gasteiger partial charge < -0.3 is 0 Å². The first kappa shape index (κ1) is 15.7. The van der Waals surface area contributed by atoms with Gasteiger partial charge in [-0.05, 0) is 56.1 Å². The monoisotopic (exact) mass is 465 g/mol. The molecule has 0 unspecified atom stereocenters. The molecule has 0 aromatic heterocycles. The minimum Gasteiger partial charge on any atom is -0.278 e. The number of carbonyl (C=O) groups is 1. The average molecular weight is 468 g/mol. The van der Waals surface area contributed by atoms with Crippen molar-refractivity contribution in [2.75, 3.05) is 4.90 Å². The van der Waals surface area contributed by atoms with E-state index in [1.807, 2.05) is 18.2 Å². The number of nitrogens with zero attached hydrogens (tertiary/aromatic N) is 1. The van der Waals surface area contributed by atoms with Gasteiger partial charge in [-0.2, -0.15) is 0 Å². The lowest BCUT2D eigenvalue weighted by molar-refractivity contribution is -0.115. The van der Waals surface area contributed by atoms with Gasteiger partial charge in [0.2, 0.25) is 5.91 Å². The van der Waals surface area contributed by atoms with E-state index in [4.69, 9.17) is 23.2 Å². The van der Waals surface area contributed by atoms with Gasteiger partial charge in [0.05, 0.1) is 25.3 Å². The average Bonchev–Trinajstić information content (AvgIpc) is 2.42. The van der Waals surface area contributed by atoms with Crippen molar-refractivity contribution in [2.24, 2.45) is 0 Å². The second-order valence-corrected chi connectivity index (χ2v) is 7.92. The zero-order valence-corrected chi connectivity index (χ0v) is 16.1. The standard InChI is InChI=1S/C14H7Br2Cl2NOS/c1-6(20)19-9-3-2-7(17)4-10(9)21-11-5-8(18)12(15)13(16)14(11)19/h2-5H,1H3. The summed E-state index contributed by atoms with van der Waals surface area (Å²) in [5.41, 5.74) is 1.61. The summed E-state index contributed by atoms with van der Waals surface area (Å²) < 4.78 is 1.49. The molecule has 0 N–H and O–H groups in total. The molecule has 0 aliphatic carbocycles. The van der Waals surface area contributed by atoms with Gasteiger partial charge in [-0.3, -0.25) is 9.69 Å². The third kappa shape index (κ3) is 2.63. The molecule has 0 saturated heterocycles. The maximum Gasteiger partial charge on any atom is 0.228 e. The molecule has 21 heavy (non-hydrogen) atoms. The Morgan fingerprint density at radius 3 is 2.52 bits per heavy atom. The van der Waals surface area contributed by atoms with Gasteiger partial charge in [-0.1, -0.05) is 35.0 Å². The van der Waals surface area contributed by atoms with Gasteiger partial charge in [0.1, 0.15) is 0 Å². The van der Waals surface area contributed by atoms with E-state index >= 15 is 0 Å². The lowest BCUT2D eigenvalue weighted by Gasteiger charge is -2.31. The van der Waals surface area contributed by atoms with Gasteiger partial charge in [-0.15, -0.1) is 0 Å². The number of benzene rings is 2. The van der Waals surface area contributed by atoms with Crippen molar-refractivity contribution < 1.29 is 4.79 Å². The van der Waals surface area contributed by atoms with E-state index in [1.165, 1.54) is 6.92 Å². The number of carbonyl (C=O) groups excluding carboxylic acids is 1. The second kappa shape index (κ2) is 5.78. The Hall–Kier alpha value is -0.200. The fourth-order valence-electron chi connectivity index (χ4n) is 2.17. The first-order valence-corrected chi connectivity index (χ1v) is 9.01. The minimum absolute atomic E-state index is 0.0740. The van der Waals surface area contributed by atoms with Gasteiger partial charge >= 0.3 is 0 Å². The number of halogens is 4. The van der Waals surface area contributed by atoms with E-state index < -0.39 is 0 Å². The lowest BCUT2D eigenvalue weighted by Crippen LogP contribution is -2.26. The summed E-state index contributed by atoms with van der Waals surface area (Å²) in [6.07, 6.45) is 0. The molecular formula is C14H7Br2Cl2NOS. The fourth-order valence-corrected chi connectivity index (χ4v) is 4.98. The van der Waals surface area contributed by atoms with E-state index in [-0.39, 0.29) is 5.91 Å². The Morgan fingerprint density at radius 1 is 1.14 bits per heavy atom. The largest absolute Gasteiger partial charge is 0.278 e. The van der Waals surface area contributed by atoms with Crippen LogP contribution >= 0.6 is 66.8 Å². The summed E-state index contributed by atoms with van der Waals surface area (Å²) in [5, 5.41) is 1.22. The van der Waals surface area contributed by atoms with Gasteiger partial charge in [-0.25, -0.2) is 0 Å². The highest BCUT2D eigenvalue weighted by Crippen LogP contribution is 2.54. The second-order valence-electron chi connectivity index (χ2n) is 4.40. The van der Waals surface area contributed by atoms with E-state index in [9.17, 15) is 4.79 Å². The van der Waals surface area contributed by atoms with Crippen LogP contribution in [0.25, 0.3) is 0 Å². The predicted octanol–water partition coefficient (Wildman–Crippen LogP) is 6.67. The molecule has 7 heteroatoms. The van der Waals surface area contributed by atoms with Crippen molar-refractivity contribution in [3.63, 3.8) is 0 Å². The summed E-state index contributed by atoms with van der Waals surface area (Å²) in [5.74, 6) is -0.0740. The third-order valence-corrected chi connectivity index (χ3v) is 6.99. The van der Waals surface area contributed by atoms with Crippen LogP contribution in [0.3, 0.4) is 0 Å². The molecule has 0 atom stereocenters. The predicted molar refractivity (Wildman–Crippen MR) is 95.2 cm³/mol. The zero-order chi connectivity index (χ0) is 15.3. The summed E-state index contributed by atoms with van der Waals surface area (Å²) >= 11 is 20.8. The van der Waals surface area contributed by atoms with Crippen LogP contribution in [0.15, 0.2) is 43.0 Å². The first-order valence-electron chi connectivity index (χ1n) is 5.85. The van der Waals surface area contributed by atoms with Crippen LogP contribution in [0.1, 0.15) is 6.92 Å². The number of rotatable bonds is 0. The zero-order valence-electron chi connectivity index (χ0n) is 10.6. The number of hydrogen-bond donors (Lipinski definition) is 0. The Labute approximate surface area is 153 Å². The molecule has 0 saturated carbocycles. The third-order valence-electron chi connectivity index (χ3n) is 3.02. The molecule has 2 nitrogen and oxygen atoms in total. The van der Waals surface area contributed by atoms with E-state index in [2.05, 4.69) is 31.9 Å². The van der Waals surface area contributed by atoms with Gasteiger partial charge in [0.25, 0.3) is 0 Å². The van der Waals surface area contributed by atoms with E-state index in [0.717, 1.165) is 30.1 Å². The van der Waals surface area contributed by atoms with Crippen LogP contribution in [0.2, 0.25) is 10.0 Å². The molecule has 108 valence electrons. The molecule has 1 amide bonds. The van der Waals surface area contributed by atoms with Crippen LogP contribution in [0.4, 0.5) is 11.4 Å². The minimum atomic E-state index is -0.0740. The maximum absolute atomic E-state index is 12.2. The SMILES string of the molecule is CC(=O)N1c2ccc(Cl)cc2Sc2cc(Cl)c(Br)c(Br)c21. The summed E-state index contributed by atoms with van der Waals surface area (Å²) in [6, 6.07) is 7.32. The summed E-state index contributed by atoms with van der Waals surface area (Å²) in [4.78, 5) is 15.7. The summed E-state index contributed by atoms with van der Waals surface area (Å²) in [7, 11) is 0. The molecule has 1 aliphatic heterocycles. The Morgan fingerprint density at radius 2 is 1.86 bits per heavy atom. The molecule has 0 radical (unpaired) electrons. The normalized spacial score (nSPS) is 12.9. The van der Waals surface area contributed by atoms with Crippen molar-refractivity contribution in [3.8, 4) is 0 Å². The molecule has 0 bridgehead atoms. The van der Waals surface area contributed by atoms with Gasteiger partial charge in [0, 0.05) is 21.7 Å². The Kier molecular flexibility index (Phi) is 4.32. The van der Waals surface area contributed by atoms with E-state index in [0.29, 0.717) is 10.0 Å². The maximum atomic E-state index is 12.2. The molecule has 2 aromatic rings. The van der Waals surface area contributed by atoms with Crippen molar-refractivity contribution in [1.82, 2.24) is 0 Å². The lowest BCUT2D eigenvalue weighted by atomic mass is 10.2. The number of fused-ring (bicyclic) bond motifs is 2. The fraction of sp³-hybridized carbons (Fsp3) is 0.0714. The smallest absolute Gasteiger partial charge is 0.228 e. The van der Waals surface area contributed by atoms with Crippen LogP contribution in [0, 0.1) is 0 Å². The highest BCUT2D eigenvalue weighted by Gasteiger charge is 2.30. The van der Waals surface area contributed by atoms with Crippen molar-refractivity contribution in [2.45, 2.75) is 16.7 Å². The number of amides is 1. The number of anilines is 2. The quantitative estimate of drug-likeness (QED) is 0.403. The van der Waals surface area contributed by atoms with Crippen molar-refractivity contribution in [1.29, 1.82) is 0 Å². The molecule has 1 heterocycles. The highest BCUT2D eigenvalue weighted by atomic mass is 79.9. The molecule has 1 aliphatic rings. The van der Waals surface area contributed by atoms with Crippen LogP contribution in [-0.2, 0) is 4.79 Å². The van der Waals surface area contributed by atoms with E-state index in [1.54, 1.807) is 22.7 Å². The van der Waals surface area contributed by atoms with Crippen LogP contribution in [0.5, 0.6) is 0 Å². The first-order chi connectivity index (χ1) is 9.90. The molecule has 3 rings (SSSR count). The molecule has 2 aromatic carbocycles. The Bertz CT molecular complexity index is 782. The topological polar surface area (TPSA) is 20.3 Å². The molecular weight excluding hydrogens is 461 g/mol. The number of hydrogen-bond acceptors (Lipinski definition) is 2. The van der Waals surface area contributed by atoms with Crippen LogP contribution < -0.4 is 4.90 Å². The van der Waals surface area contributed by atoms with Gasteiger partial charge in [0.15, 0.2) is 0 Å². The van der Waals surface area contributed by atoms with Crippen LogP contribution in [-0.4, -0.2) is 5.91 Å². The van der Waals surface area contributed by atoms with Crippen molar-refractivity contribution >= 4 is 84.1 Å². The molecule has 0 fully saturated rings. The highest BCUT2D eigenvalue weighted by molar-refractivity contribution is 9.13.